The Balaban J connectivity index is 2.65. The summed E-state index contributed by atoms with van der Waals surface area (Å²) >= 11 is 0. The molecule has 38 valence electrons. The van der Waals surface area contributed by atoms with E-state index < -0.39 is 11.8 Å². The average Bonchev–Trinajstić information content (AvgIpc) is 1.91. The summed E-state index contributed by atoms with van der Waals surface area (Å²) in [7, 11) is 0. The predicted octanol–water partition coefficient (Wildman–Crippen LogP) is -0.956. The molecule has 0 atom stereocenters. The molecule has 0 saturated carbocycles. The molecule has 1 saturated heterocycles. The molecule has 0 aromatic heterocycles. The van der Waals surface area contributed by atoms with E-state index >= 15 is 0 Å². The van der Waals surface area contributed by atoms with Crippen molar-refractivity contribution in [3.63, 3.8) is 0 Å². The molecule has 0 aliphatic carbocycles. The first kappa shape index (κ1) is 4.26. The Morgan fingerprint density at radius 1 is 1.43 bits per heavy atom. The van der Waals surface area contributed by atoms with Crippen LogP contribution in [0, 0.1) is 0 Å². The van der Waals surface area contributed by atoms with Gasteiger partial charge in [-0.3, -0.25) is 9.68 Å². The van der Waals surface area contributed by atoms with Crippen molar-refractivity contribution in [3.8, 4) is 0 Å². The van der Waals surface area contributed by atoms with Crippen LogP contribution in [0.1, 0.15) is 0 Å². The van der Waals surface area contributed by atoms with E-state index in [1.54, 1.807) is 0 Å². The van der Waals surface area contributed by atoms with Crippen LogP contribution in [0.15, 0.2) is 0 Å². The van der Waals surface area contributed by atoms with Crippen LogP contribution in [0.2, 0.25) is 0 Å². The maximum absolute atomic E-state index is 9.97. The highest BCUT2D eigenvalue weighted by molar-refractivity contribution is 6.35. The SMILES string of the molecule is O=C1COOC1=O. The van der Waals surface area contributed by atoms with Gasteiger partial charge in [-0.2, -0.15) is 4.89 Å². The minimum atomic E-state index is -0.903. The zero-order valence-electron chi connectivity index (χ0n) is 3.34. The number of carbonyl (C=O) groups is 2. The maximum atomic E-state index is 9.97. The molecule has 1 rings (SSSR count). The lowest BCUT2D eigenvalue weighted by molar-refractivity contribution is -0.240. The Kier molecular flexibility index (Phi) is 0.796. The van der Waals surface area contributed by atoms with Crippen molar-refractivity contribution in [2.24, 2.45) is 0 Å². The van der Waals surface area contributed by atoms with Crippen LogP contribution >= 0.6 is 0 Å². The summed E-state index contributed by atoms with van der Waals surface area (Å²) in [6.07, 6.45) is 0. The minimum absolute atomic E-state index is 0.237. The van der Waals surface area contributed by atoms with Crippen LogP contribution < -0.4 is 0 Å². The summed E-state index contributed by atoms with van der Waals surface area (Å²) in [5.74, 6) is -1.53. The van der Waals surface area contributed by atoms with Crippen LogP contribution in [0.25, 0.3) is 0 Å². The van der Waals surface area contributed by atoms with E-state index in [9.17, 15) is 9.59 Å². The lowest BCUT2D eigenvalue weighted by Crippen LogP contribution is -2.06. The van der Waals surface area contributed by atoms with Crippen LogP contribution in [0.4, 0.5) is 0 Å². The molecule has 0 aromatic carbocycles. The molecule has 1 fully saturated rings. The number of hydrogen-bond donors (Lipinski definition) is 0. The van der Waals surface area contributed by atoms with Gasteiger partial charge in [0.2, 0.25) is 0 Å². The fraction of sp³-hybridized carbons (Fsp3) is 0.333. The summed E-state index contributed by atoms with van der Waals surface area (Å²) < 4.78 is 0. The number of Topliss-reactive ketones (excluding diaryl/α,β-unsaturated/α-hetero) is 1. The topological polar surface area (TPSA) is 52.6 Å². The summed E-state index contributed by atoms with van der Waals surface area (Å²) in [6, 6.07) is 0. The van der Waals surface area contributed by atoms with Gasteiger partial charge in [-0.05, 0) is 0 Å². The van der Waals surface area contributed by atoms with Crippen LogP contribution in [0.5, 0.6) is 0 Å². The molecule has 4 heteroatoms. The molecule has 0 radical (unpaired) electrons. The van der Waals surface area contributed by atoms with Gasteiger partial charge < -0.3 is 0 Å². The standard InChI is InChI=1S/C3H2O4/c4-2-1-6-7-3(2)5/h1H2. The van der Waals surface area contributed by atoms with Crippen molar-refractivity contribution in [1.82, 2.24) is 0 Å². The second-order valence-corrected chi connectivity index (χ2v) is 1.06. The van der Waals surface area contributed by atoms with Gasteiger partial charge in [0.15, 0.2) is 6.61 Å². The molecule has 1 heterocycles. The molecule has 0 unspecified atom stereocenters. The van der Waals surface area contributed by atoms with Gasteiger partial charge in [-0.1, -0.05) is 0 Å². The molecular formula is C3H2O4. The number of hydrogen-bond acceptors (Lipinski definition) is 4. The summed E-state index contributed by atoms with van der Waals surface area (Å²) in [6.45, 7) is -0.237. The smallest absolute Gasteiger partial charge is 0.289 e. The summed E-state index contributed by atoms with van der Waals surface area (Å²) in [5.41, 5.74) is 0. The van der Waals surface area contributed by atoms with Crippen LogP contribution in [-0.4, -0.2) is 18.4 Å². The number of carbonyl (C=O) groups excluding carboxylic acids is 2. The fourth-order valence-electron chi connectivity index (χ4n) is 0.242. The molecule has 1 aliphatic rings. The van der Waals surface area contributed by atoms with Crippen molar-refractivity contribution < 1.29 is 19.4 Å². The minimum Gasteiger partial charge on any atom is -0.289 e. The van der Waals surface area contributed by atoms with E-state index in [1.165, 1.54) is 0 Å². The normalized spacial score (nSPS) is 20.0. The van der Waals surface area contributed by atoms with Gasteiger partial charge in [0.1, 0.15) is 0 Å². The Labute approximate surface area is 38.9 Å². The molecular weight excluding hydrogens is 100 g/mol. The van der Waals surface area contributed by atoms with E-state index in [2.05, 4.69) is 9.78 Å². The number of ketones is 1. The molecule has 0 bridgehead atoms. The summed E-state index contributed by atoms with van der Waals surface area (Å²) in [4.78, 5) is 27.6. The average molecular weight is 102 g/mol. The second-order valence-electron chi connectivity index (χ2n) is 1.06. The maximum Gasteiger partial charge on any atom is 0.411 e. The Hall–Kier alpha value is -0.900. The third kappa shape index (κ3) is 0.592. The van der Waals surface area contributed by atoms with Gasteiger partial charge in [-0.15, -0.1) is 0 Å². The highest BCUT2D eigenvalue weighted by Gasteiger charge is 2.24. The van der Waals surface area contributed by atoms with Gasteiger partial charge in [-0.25, -0.2) is 4.79 Å². The first-order chi connectivity index (χ1) is 3.30. The first-order valence-electron chi connectivity index (χ1n) is 1.67. The summed E-state index contributed by atoms with van der Waals surface area (Å²) in [5, 5.41) is 0. The predicted molar refractivity (Wildman–Crippen MR) is 17.1 cm³/mol. The van der Waals surface area contributed by atoms with Crippen molar-refractivity contribution in [2.45, 2.75) is 0 Å². The third-order valence-corrected chi connectivity index (χ3v) is 0.552. The van der Waals surface area contributed by atoms with E-state index in [0.717, 1.165) is 0 Å². The zero-order chi connectivity index (χ0) is 5.28. The molecule has 0 N–H and O–H groups in total. The van der Waals surface area contributed by atoms with E-state index in [0.29, 0.717) is 0 Å². The van der Waals surface area contributed by atoms with Gasteiger partial charge in [0, 0.05) is 0 Å². The zero-order valence-corrected chi connectivity index (χ0v) is 3.34. The van der Waals surface area contributed by atoms with Crippen LogP contribution in [-0.2, 0) is 19.4 Å². The lowest BCUT2D eigenvalue weighted by atomic mass is 10.5. The molecule has 7 heavy (non-hydrogen) atoms. The Morgan fingerprint density at radius 2 is 2.14 bits per heavy atom. The van der Waals surface area contributed by atoms with Crippen molar-refractivity contribution >= 4 is 11.8 Å². The Morgan fingerprint density at radius 3 is 2.29 bits per heavy atom. The lowest BCUT2D eigenvalue weighted by Gasteiger charge is -1.77. The van der Waals surface area contributed by atoms with E-state index in [4.69, 9.17) is 0 Å². The molecule has 0 spiro atoms. The molecule has 0 aromatic rings. The third-order valence-electron chi connectivity index (χ3n) is 0.552. The van der Waals surface area contributed by atoms with Gasteiger partial charge >= 0.3 is 5.97 Å². The molecule has 4 nitrogen and oxygen atoms in total. The molecule has 1 aliphatic heterocycles. The van der Waals surface area contributed by atoms with Gasteiger partial charge in [0.25, 0.3) is 5.78 Å². The fourth-order valence-corrected chi connectivity index (χ4v) is 0.242. The first-order valence-corrected chi connectivity index (χ1v) is 1.67. The van der Waals surface area contributed by atoms with Gasteiger partial charge in [0.05, 0.1) is 0 Å². The molecule has 0 amide bonds. The van der Waals surface area contributed by atoms with Crippen molar-refractivity contribution in [3.05, 3.63) is 0 Å². The quantitative estimate of drug-likeness (QED) is 0.292. The largest absolute Gasteiger partial charge is 0.411 e. The monoisotopic (exact) mass is 102 g/mol. The highest BCUT2D eigenvalue weighted by atomic mass is 17.2. The Bertz CT molecular complexity index is 102. The van der Waals surface area contributed by atoms with E-state index in [1.807, 2.05) is 0 Å². The van der Waals surface area contributed by atoms with Crippen LogP contribution in [0.3, 0.4) is 0 Å². The number of rotatable bonds is 0. The highest BCUT2D eigenvalue weighted by Crippen LogP contribution is 1.92. The van der Waals surface area contributed by atoms with E-state index in [-0.39, 0.29) is 6.61 Å². The van der Waals surface area contributed by atoms with Crippen molar-refractivity contribution in [1.29, 1.82) is 0 Å². The van der Waals surface area contributed by atoms with Crippen molar-refractivity contribution in [2.75, 3.05) is 6.61 Å². The second kappa shape index (κ2) is 1.31.